The number of oxazole rings is 1. The third-order valence-corrected chi connectivity index (χ3v) is 2.54. The summed E-state index contributed by atoms with van der Waals surface area (Å²) in [4.78, 5) is 4.18. The molecular formula is C11H11N3O2. The Bertz CT molecular complexity index is 639. The quantitative estimate of drug-likeness (QED) is 0.707. The van der Waals surface area contributed by atoms with Crippen LogP contribution >= 0.6 is 0 Å². The molecule has 0 saturated carbocycles. The Labute approximate surface area is 91.3 Å². The summed E-state index contributed by atoms with van der Waals surface area (Å²) >= 11 is 0. The van der Waals surface area contributed by atoms with Crippen molar-refractivity contribution in [3.05, 3.63) is 24.7 Å². The van der Waals surface area contributed by atoms with Gasteiger partial charge in [0, 0.05) is 5.39 Å². The summed E-state index contributed by atoms with van der Waals surface area (Å²) in [6.07, 6.45) is 2.75. The molecule has 82 valence electrons. The Balaban J connectivity index is 2.32. The van der Waals surface area contributed by atoms with E-state index >= 15 is 0 Å². The van der Waals surface area contributed by atoms with Crippen LogP contribution in [0.3, 0.4) is 0 Å². The Morgan fingerprint density at radius 3 is 3.19 bits per heavy atom. The molecular weight excluding hydrogens is 206 g/mol. The Kier molecular flexibility index (Phi) is 1.94. The predicted molar refractivity (Wildman–Crippen MR) is 59.0 cm³/mol. The van der Waals surface area contributed by atoms with Gasteiger partial charge in [0.25, 0.3) is 0 Å². The molecule has 3 aromatic rings. The fraction of sp³-hybridized carbons (Fsp3) is 0.273. The molecule has 0 radical (unpaired) electrons. The lowest BCUT2D eigenvalue weighted by Crippen LogP contribution is -2.12. The summed E-state index contributed by atoms with van der Waals surface area (Å²) in [6, 6.07) is 3.81. The predicted octanol–water partition coefficient (Wildman–Crippen LogP) is 1.56. The smallest absolute Gasteiger partial charge is 0.182 e. The molecule has 3 rings (SSSR count). The lowest BCUT2D eigenvalue weighted by Gasteiger charge is -2.05. The summed E-state index contributed by atoms with van der Waals surface area (Å²) in [6.45, 7) is 2.19. The van der Waals surface area contributed by atoms with E-state index in [-0.39, 0.29) is 0 Å². The third kappa shape index (κ3) is 1.29. The van der Waals surface area contributed by atoms with E-state index in [4.69, 9.17) is 4.42 Å². The highest BCUT2D eigenvalue weighted by Gasteiger charge is 2.11. The van der Waals surface area contributed by atoms with Gasteiger partial charge in [-0.15, -0.1) is 0 Å². The Morgan fingerprint density at radius 1 is 1.50 bits per heavy atom. The second kappa shape index (κ2) is 3.31. The van der Waals surface area contributed by atoms with Crippen LogP contribution in [-0.4, -0.2) is 26.0 Å². The van der Waals surface area contributed by atoms with Gasteiger partial charge < -0.3 is 9.52 Å². The molecule has 16 heavy (non-hydrogen) atoms. The average Bonchev–Trinajstić information content (AvgIpc) is 2.82. The molecule has 0 bridgehead atoms. The van der Waals surface area contributed by atoms with Crippen molar-refractivity contribution >= 4 is 22.0 Å². The SMILES string of the molecule is C[C@@H](O)Cn1ncc2ccc3ocnc3c21. The second-order valence-electron chi connectivity index (χ2n) is 3.88. The summed E-state index contributed by atoms with van der Waals surface area (Å²) < 4.78 is 7.00. The fourth-order valence-corrected chi connectivity index (χ4v) is 1.89. The maximum Gasteiger partial charge on any atom is 0.182 e. The molecule has 0 aliphatic heterocycles. The van der Waals surface area contributed by atoms with Crippen molar-refractivity contribution in [1.29, 1.82) is 0 Å². The molecule has 0 aliphatic carbocycles. The van der Waals surface area contributed by atoms with Crippen LogP contribution in [0.15, 0.2) is 29.1 Å². The van der Waals surface area contributed by atoms with Gasteiger partial charge in [0.2, 0.25) is 0 Å². The summed E-state index contributed by atoms with van der Waals surface area (Å²) in [7, 11) is 0. The van der Waals surface area contributed by atoms with Crippen molar-refractivity contribution in [3.63, 3.8) is 0 Å². The molecule has 0 aliphatic rings. The van der Waals surface area contributed by atoms with E-state index in [1.165, 1.54) is 6.39 Å². The minimum Gasteiger partial charge on any atom is -0.443 e. The van der Waals surface area contributed by atoms with E-state index in [9.17, 15) is 5.11 Å². The van der Waals surface area contributed by atoms with E-state index in [1.807, 2.05) is 12.1 Å². The molecule has 1 N–H and O–H groups in total. The number of fused-ring (bicyclic) bond motifs is 3. The lowest BCUT2D eigenvalue weighted by atomic mass is 10.2. The van der Waals surface area contributed by atoms with Crippen molar-refractivity contribution < 1.29 is 9.52 Å². The zero-order chi connectivity index (χ0) is 11.1. The van der Waals surface area contributed by atoms with Crippen molar-refractivity contribution in [2.75, 3.05) is 0 Å². The highest BCUT2D eigenvalue weighted by atomic mass is 16.3. The number of aliphatic hydroxyl groups is 1. The van der Waals surface area contributed by atoms with E-state index in [2.05, 4.69) is 10.1 Å². The number of aliphatic hydroxyl groups excluding tert-OH is 1. The largest absolute Gasteiger partial charge is 0.443 e. The van der Waals surface area contributed by atoms with Crippen molar-refractivity contribution in [2.45, 2.75) is 19.6 Å². The van der Waals surface area contributed by atoms with Gasteiger partial charge in [-0.2, -0.15) is 5.10 Å². The maximum atomic E-state index is 9.40. The fourth-order valence-electron chi connectivity index (χ4n) is 1.89. The van der Waals surface area contributed by atoms with Crippen LogP contribution in [0.4, 0.5) is 0 Å². The van der Waals surface area contributed by atoms with Gasteiger partial charge in [0.15, 0.2) is 12.0 Å². The zero-order valence-corrected chi connectivity index (χ0v) is 8.79. The molecule has 5 nitrogen and oxygen atoms in total. The summed E-state index contributed by atoms with van der Waals surface area (Å²) in [5, 5.41) is 14.6. The normalized spacial score (nSPS) is 13.6. The van der Waals surface area contributed by atoms with Crippen LogP contribution < -0.4 is 0 Å². The van der Waals surface area contributed by atoms with Crippen LogP contribution in [0.1, 0.15) is 6.92 Å². The monoisotopic (exact) mass is 217 g/mol. The second-order valence-corrected chi connectivity index (χ2v) is 3.88. The Morgan fingerprint density at radius 2 is 2.38 bits per heavy atom. The van der Waals surface area contributed by atoms with E-state index < -0.39 is 6.10 Å². The van der Waals surface area contributed by atoms with Gasteiger partial charge in [0.1, 0.15) is 5.52 Å². The van der Waals surface area contributed by atoms with E-state index in [0.29, 0.717) is 6.54 Å². The van der Waals surface area contributed by atoms with Gasteiger partial charge in [-0.05, 0) is 19.1 Å². The molecule has 5 heteroatoms. The van der Waals surface area contributed by atoms with Crippen molar-refractivity contribution in [1.82, 2.24) is 14.8 Å². The first kappa shape index (κ1) is 9.35. The number of nitrogens with zero attached hydrogens (tertiary/aromatic N) is 3. The zero-order valence-electron chi connectivity index (χ0n) is 8.79. The van der Waals surface area contributed by atoms with Gasteiger partial charge >= 0.3 is 0 Å². The molecule has 0 amide bonds. The molecule has 2 aromatic heterocycles. The first-order chi connectivity index (χ1) is 7.75. The van der Waals surface area contributed by atoms with Gasteiger partial charge in [0.05, 0.1) is 24.4 Å². The van der Waals surface area contributed by atoms with Gasteiger partial charge in [-0.3, -0.25) is 4.68 Å². The van der Waals surface area contributed by atoms with Gasteiger partial charge in [-0.1, -0.05) is 0 Å². The lowest BCUT2D eigenvalue weighted by molar-refractivity contribution is 0.170. The van der Waals surface area contributed by atoms with E-state index in [0.717, 1.165) is 22.0 Å². The average molecular weight is 217 g/mol. The highest BCUT2D eigenvalue weighted by Crippen LogP contribution is 2.23. The van der Waals surface area contributed by atoms with Crippen LogP contribution in [0.25, 0.3) is 22.0 Å². The first-order valence-electron chi connectivity index (χ1n) is 5.11. The summed E-state index contributed by atoms with van der Waals surface area (Å²) in [5.74, 6) is 0. The third-order valence-electron chi connectivity index (χ3n) is 2.54. The van der Waals surface area contributed by atoms with Crippen LogP contribution in [0.5, 0.6) is 0 Å². The maximum absolute atomic E-state index is 9.40. The number of hydrogen-bond donors (Lipinski definition) is 1. The first-order valence-corrected chi connectivity index (χ1v) is 5.11. The minimum atomic E-state index is -0.440. The van der Waals surface area contributed by atoms with Crippen molar-refractivity contribution in [2.24, 2.45) is 0 Å². The van der Waals surface area contributed by atoms with Crippen LogP contribution in [0.2, 0.25) is 0 Å². The highest BCUT2D eigenvalue weighted by molar-refractivity contribution is 6.00. The van der Waals surface area contributed by atoms with Crippen LogP contribution in [-0.2, 0) is 6.54 Å². The van der Waals surface area contributed by atoms with Gasteiger partial charge in [-0.25, -0.2) is 4.98 Å². The molecule has 1 atom stereocenters. The molecule has 0 unspecified atom stereocenters. The number of benzene rings is 1. The summed E-state index contributed by atoms with van der Waals surface area (Å²) in [5.41, 5.74) is 2.43. The topological polar surface area (TPSA) is 64.1 Å². The minimum absolute atomic E-state index is 0.440. The molecule has 2 heterocycles. The molecule has 0 spiro atoms. The molecule has 0 fully saturated rings. The van der Waals surface area contributed by atoms with Crippen molar-refractivity contribution in [3.8, 4) is 0 Å². The standard InChI is InChI=1S/C11H11N3O2/c1-7(15)5-14-11-8(4-13-14)2-3-9-10(11)12-6-16-9/h2-4,6-7,15H,5H2,1H3/t7-/m1/s1. The molecule has 1 aromatic carbocycles. The molecule has 0 saturated heterocycles. The Hall–Kier alpha value is -1.88. The van der Waals surface area contributed by atoms with E-state index in [1.54, 1.807) is 17.8 Å². The number of rotatable bonds is 2. The number of hydrogen-bond acceptors (Lipinski definition) is 4. The number of aromatic nitrogens is 3. The van der Waals surface area contributed by atoms with Crippen LogP contribution in [0, 0.1) is 0 Å².